The number of thiazole rings is 1. The molecule has 0 saturated heterocycles. The van der Waals surface area contributed by atoms with E-state index in [-0.39, 0.29) is 11.8 Å². The molecule has 0 bridgehead atoms. The summed E-state index contributed by atoms with van der Waals surface area (Å²) in [6.07, 6.45) is 0. The van der Waals surface area contributed by atoms with E-state index in [1.165, 1.54) is 0 Å². The molecule has 0 aliphatic carbocycles. The van der Waals surface area contributed by atoms with E-state index in [1.54, 1.807) is 16.0 Å². The lowest BCUT2D eigenvalue weighted by molar-refractivity contribution is 0.0952. The van der Waals surface area contributed by atoms with Gasteiger partial charge in [0.25, 0.3) is 5.91 Å². The molecule has 0 aliphatic rings. The molecule has 3 aromatic heterocycles. The number of fused-ring (bicyclic) bond motifs is 1. The number of nitrogens with one attached hydrogen (secondary N) is 1. The van der Waals surface area contributed by atoms with Crippen molar-refractivity contribution in [3.05, 3.63) is 39.1 Å². The average molecular weight is 343 g/mol. The van der Waals surface area contributed by atoms with E-state index in [4.69, 9.17) is 0 Å². The third-order valence-electron chi connectivity index (χ3n) is 3.89. The summed E-state index contributed by atoms with van der Waals surface area (Å²) in [6.45, 7) is 8.41. The van der Waals surface area contributed by atoms with Crippen LogP contribution in [0.1, 0.15) is 52.2 Å². The van der Waals surface area contributed by atoms with Crippen LogP contribution in [0.15, 0.2) is 11.4 Å². The van der Waals surface area contributed by atoms with Crippen molar-refractivity contribution in [3.8, 4) is 0 Å². The largest absolute Gasteiger partial charge is 0.346 e. The Bertz CT molecular complexity index is 909. The van der Waals surface area contributed by atoms with Gasteiger partial charge in [0.1, 0.15) is 5.01 Å². The van der Waals surface area contributed by atoms with E-state index in [0.29, 0.717) is 12.1 Å². The molecule has 0 spiro atoms. The van der Waals surface area contributed by atoms with Crippen LogP contribution in [-0.4, -0.2) is 25.7 Å². The second kappa shape index (κ2) is 6.32. The molecule has 3 heterocycles. The Balaban J connectivity index is 1.98. The van der Waals surface area contributed by atoms with Crippen LogP contribution in [0.3, 0.4) is 0 Å². The lowest BCUT2D eigenvalue weighted by atomic mass is 10.0. The molecule has 6 nitrogen and oxygen atoms in total. The van der Waals surface area contributed by atoms with Crippen LogP contribution in [0.2, 0.25) is 0 Å². The lowest BCUT2D eigenvalue weighted by Gasteiger charge is -2.10. The van der Waals surface area contributed by atoms with E-state index in [9.17, 15) is 4.79 Å². The van der Waals surface area contributed by atoms with Gasteiger partial charge >= 0.3 is 0 Å². The minimum atomic E-state index is -0.117. The molecule has 0 radical (unpaired) electrons. The number of rotatable bonds is 4. The van der Waals surface area contributed by atoms with Crippen molar-refractivity contribution in [2.75, 3.05) is 0 Å². The fourth-order valence-corrected chi connectivity index (χ4v) is 3.39. The molecule has 0 aliphatic heterocycles. The Hall–Kier alpha value is -2.28. The molecule has 126 valence electrons. The maximum atomic E-state index is 12.8. The van der Waals surface area contributed by atoms with Crippen molar-refractivity contribution in [2.24, 2.45) is 7.05 Å². The van der Waals surface area contributed by atoms with E-state index >= 15 is 0 Å². The maximum Gasteiger partial charge on any atom is 0.252 e. The van der Waals surface area contributed by atoms with Crippen LogP contribution in [-0.2, 0) is 13.6 Å². The van der Waals surface area contributed by atoms with Crippen molar-refractivity contribution in [3.63, 3.8) is 0 Å². The van der Waals surface area contributed by atoms with E-state index in [1.807, 2.05) is 32.3 Å². The van der Waals surface area contributed by atoms with Gasteiger partial charge < -0.3 is 5.32 Å². The Morgan fingerprint density at radius 1 is 1.33 bits per heavy atom. The first-order valence-electron chi connectivity index (χ1n) is 7.90. The summed E-state index contributed by atoms with van der Waals surface area (Å²) in [4.78, 5) is 21.8. The van der Waals surface area contributed by atoms with Crippen molar-refractivity contribution in [1.29, 1.82) is 0 Å². The minimum Gasteiger partial charge on any atom is -0.346 e. The molecule has 1 amide bonds. The molecule has 3 rings (SSSR count). The number of aryl methyl sites for hydroxylation is 3. The molecule has 0 fully saturated rings. The van der Waals surface area contributed by atoms with Gasteiger partial charge in [-0.3, -0.25) is 9.48 Å². The van der Waals surface area contributed by atoms with Crippen LogP contribution < -0.4 is 5.32 Å². The normalized spacial score (nSPS) is 11.4. The second-order valence-electron chi connectivity index (χ2n) is 6.22. The third kappa shape index (κ3) is 3.03. The third-order valence-corrected chi connectivity index (χ3v) is 4.86. The topological polar surface area (TPSA) is 72.7 Å². The van der Waals surface area contributed by atoms with E-state index in [0.717, 1.165) is 33.1 Å². The smallest absolute Gasteiger partial charge is 0.252 e. The zero-order valence-corrected chi connectivity index (χ0v) is 15.4. The molecular weight excluding hydrogens is 322 g/mol. The molecule has 3 aromatic rings. The highest BCUT2D eigenvalue weighted by molar-refractivity contribution is 7.09. The zero-order chi connectivity index (χ0) is 17.4. The summed E-state index contributed by atoms with van der Waals surface area (Å²) in [5.74, 6) is 0.117. The fraction of sp³-hybridized carbons (Fsp3) is 0.412. The van der Waals surface area contributed by atoms with Gasteiger partial charge in [-0.25, -0.2) is 9.97 Å². The van der Waals surface area contributed by atoms with Gasteiger partial charge in [0, 0.05) is 23.8 Å². The quantitative estimate of drug-likeness (QED) is 0.790. The molecule has 7 heteroatoms. The highest BCUT2D eigenvalue weighted by Crippen LogP contribution is 2.25. The SMILES string of the molecule is Cc1csc(CNC(=O)c2cc(C(C)C)nc3c2c(C)nn3C)n1. The van der Waals surface area contributed by atoms with Crippen LogP contribution in [0, 0.1) is 13.8 Å². The summed E-state index contributed by atoms with van der Waals surface area (Å²) >= 11 is 1.55. The van der Waals surface area contributed by atoms with Crippen molar-refractivity contribution in [1.82, 2.24) is 25.1 Å². The lowest BCUT2D eigenvalue weighted by Crippen LogP contribution is -2.23. The standard InChI is InChI=1S/C17H21N5OS/c1-9(2)13-6-12(15-11(4)21-22(5)16(15)20-13)17(23)18-7-14-19-10(3)8-24-14/h6,8-9H,7H2,1-5H3,(H,18,23). The van der Waals surface area contributed by atoms with Crippen molar-refractivity contribution >= 4 is 28.3 Å². The van der Waals surface area contributed by atoms with E-state index < -0.39 is 0 Å². The van der Waals surface area contributed by atoms with Gasteiger partial charge in [0.2, 0.25) is 0 Å². The van der Waals surface area contributed by atoms with Gasteiger partial charge in [0.15, 0.2) is 5.65 Å². The number of nitrogens with zero attached hydrogens (tertiary/aromatic N) is 4. The monoisotopic (exact) mass is 343 g/mol. The molecular formula is C17H21N5OS. The molecule has 1 N–H and O–H groups in total. The van der Waals surface area contributed by atoms with Gasteiger partial charge in [-0.1, -0.05) is 13.8 Å². The van der Waals surface area contributed by atoms with Crippen LogP contribution in [0.4, 0.5) is 0 Å². The first-order valence-corrected chi connectivity index (χ1v) is 8.78. The van der Waals surface area contributed by atoms with Gasteiger partial charge in [-0.15, -0.1) is 11.3 Å². The number of pyridine rings is 1. The highest BCUT2D eigenvalue weighted by Gasteiger charge is 2.19. The molecule has 24 heavy (non-hydrogen) atoms. The number of hydrogen-bond donors (Lipinski definition) is 1. The minimum absolute atomic E-state index is 0.117. The summed E-state index contributed by atoms with van der Waals surface area (Å²) in [6, 6.07) is 1.88. The molecule has 0 atom stereocenters. The number of aromatic nitrogens is 4. The van der Waals surface area contributed by atoms with Gasteiger partial charge in [-0.2, -0.15) is 5.10 Å². The molecule has 0 unspecified atom stereocenters. The predicted molar refractivity (Wildman–Crippen MR) is 95.4 cm³/mol. The molecule has 0 saturated carbocycles. The maximum absolute atomic E-state index is 12.8. The average Bonchev–Trinajstić information content (AvgIpc) is 3.08. The number of amides is 1. The summed E-state index contributed by atoms with van der Waals surface area (Å²) in [5, 5.41) is 11.1. The second-order valence-corrected chi connectivity index (χ2v) is 7.16. The summed E-state index contributed by atoms with van der Waals surface area (Å²) in [7, 11) is 1.85. The number of carbonyl (C=O) groups is 1. The van der Waals surface area contributed by atoms with Crippen molar-refractivity contribution < 1.29 is 4.79 Å². The first kappa shape index (κ1) is 16.6. The Labute approximate surface area is 144 Å². The summed E-state index contributed by atoms with van der Waals surface area (Å²) < 4.78 is 1.73. The van der Waals surface area contributed by atoms with Crippen molar-refractivity contribution in [2.45, 2.75) is 40.2 Å². The van der Waals surface area contributed by atoms with Gasteiger partial charge in [-0.05, 0) is 25.8 Å². The van der Waals surface area contributed by atoms with E-state index in [2.05, 4.69) is 34.2 Å². The van der Waals surface area contributed by atoms with Crippen LogP contribution >= 0.6 is 11.3 Å². The summed E-state index contributed by atoms with van der Waals surface area (Å²) in [5.41, 5.74) is 4.04. The Morgan fingerprint density at radius 2 is 2.08 bits per heavy atom. The Morgan fingerprint density at radius 3 is 2.71 bits per heavy atom. The molecule has 0 aromatic carbocycles. The first-order chi connectivity index (χ1) is 11.4. The predicted octanol–water partition coefficient (Wildman–Crippen LogP) is 3.10. The number of carbonyl (C=O) groups excluding carboxylic acids is 1. The van der Waals surface area contributed by atoms with Crippen LogP contribution in [0.25, 0.3) is 11.0 Å². The Kier molecular flexibility index (Phi) is 4.36. The zero-order valence-electron chi connectivity index (χ0n) is 14.5. The van der Waals surface area contributed by atoms with Crippen LogP contribution in [0.5, 0.6) is 0 Å². The fourth-order valence-electron chi connectivity index (χ4n) is 2.67. The highest BCUT2D eigenvalue weighted by atomic mass is 32.1. The number of hydrogen-bond acceptors (Lipinski definition) is 5. The van der Waals surface area contributed by atoms with Gasteiger partial charge in [0.05, 0.1) is 23.2 Å².